The second-order valence-corrected chi connectivity index (χ2v) is 8.81. The molecule has 37 heavy (non-hydrogen) atoms. The molecular weight excluding hydrogens is 470 g/mol. The Hall–Kier alpha value is -4.72. The fourth-order valence-corrected chi connectivity index (χ4v) is 4.54. The molecule has 0 spiro atoms. The molecule has 5 rings (SSSR count). The summed E-state index contributed by atoms with van der Waals surface area (Å²) in [6.45, 7) is 0.00274. The first-order valence-electron chi connectivity index (χ1n) is 11.9. The number of ether oxygens (including phenoxy) is 2. The average Bonchev–Trinajstić information content (AvgIpc) is 3.57. The third kappa shape index (κ3) is 4.99. The standard InChI is InChI=1S/C29H25N3O5/c33-25(31-17-16-30-21-31)19-29(18-22-10-4-1-5-11-22)27(34)37-26(24-14-8-3-9-15-24)32(29)28(35)36-20-23-12-6-2-7-13-23/h1-17,21,26H,18-20H2/t26-,29+/m0/s1. The van der Waals surface area contributed by atoms with Crippen molar-refractivity contribution in [1.82, 2.24) is 14.5 Å². The number of cyclic esters (lactones) is 1. The molecule has 2 heterocycles. The number of hydrogen-bond donors (Lipinski definition) is 0. The van der Waals surface area contributed by atoms with Crippen LogP contribution in [0.15, 0.2) is 110 Å². The predicted octanol–water partition coefficient (Wildman–Crippen LogP) is 4.79. The minimum atomic E-state index is -1.64. The zero-order valence-electron chi connectivity index (χ0n) is 20.0. The molecule has 0 unspecified atom stereocenters. The molecule has 0 bridgehead atoms. The number of carbonyl (C=O) groups excluding carboxylic acids is 3. The quantitative estimate of drug-likeness (QED) is 0.343. The Morgan fingerprint density at radius 3 is 2.14 bits per heavy atom. The van der Waals surface area contributed by atoms with E-state index in [1.54, 1.807) is 24.3 Å². The second-order valence-electron chi connectivity index (χ2n) is 8.81. The highest BCUT2D eigenvalue weighted by molar-refractivity contribution is 5.95. The van der Waals surface area contributed by atoms with Gasteiger partial charge in [-0.1, -0.05) is 91.0 Å². The van der Waals surface area contributed by atoms with Crippen LogP contribution < -0.4 is 0 Å². The molecule has 0 aliphatic carbocycles. The van der Waals surface area contributed by atoms with Gasteiger partial charge in [-0.25, -0.2) is 14.6 Å². The largest absolute Gasteiger partial charge is 0.444 e. The van der Waals surface area contributed by atoms with Gasteiger partial charge in [0.05, 0.1) is 6.42 Å². The Kier molecular flexibility index (Phi) is 6.81. The van der Waals surface area contributed by atoms with Gasteiger partial charge < -0.3 is 9.47 Å². The topological polar surface area (TPSA) is 90.7 Å². The molecule has 3 aromatic carbocycles. The van der Waals surface area contributed by atoms with E-state index >= 15 is 0 Å². The number of esters is 1. The van der Waals surface area contributed by atoms with Gasteiger partial charge in [0, 0.05) is 24.4 Å². The van der Waals surface area contributed by atoms with Crippen LogP contribution in [-0.4, -0.2) is 38.0 Å². The van der Waals surface area contributed by atoms with Crippen LogP contribution in [0.3, 0.4) is 0 Å². The zero-order chi connectivity index (χ0) is 25.7. The maximum absolute atomic E-state index is 13.8. The first-order valence-corrected chi connectivity index (χ1v) is 11.9. The molecular formula is C29H25N3O5. The van der Waals surface area contributed by atoms with Gasteiger partial charge in [0.2, 0.25) is 12.1 Å². The Labute approximate surface area is 214 Å². The van der Waals surface area contributed by atoms with Gasteiger partial charge >= 0.3 is 12.1 Å². The van der Waals surface area contributed by atoms with Crippen LogP contribution in [0.1, 0.15) is 34.1 Å². The number of amides is 1. The van der Waals surface area contributed by atoms with Crippen molar-refractivity contribution in [2.75, 3.05) is 0 Å². The van der Waals surface area contributed by atoms with Crippen LogP contribution in [0.5, 0.6) is 0 Å². The molecule has 1 aliphatic rings. The molecule has 1 aliphatic heterocycles. The molecule has 0 saturated carbocycles. The maximum atomic E-state index is 13.8. The lowest BCUT2D eigenvalue weighted by Gasteiger charge is -2.35. The van der Waals surface area contributed by atoms with Gasteiger partial charge in [-0.2, -0.15) is 0 Å². The van der Waals surface area contributed by atoms with Gasteiger partial charge in [-0.15, -0.1) is 0 Å². The van der Waals surface area contributed by atoms with E-state index < -0.39 is 29.7 Å². The Bertz CT molecular complexity index is 1360. The van der Waals surface area contributed by atoms with Crippen LogP contribution in [0, 0.1) is 0 Å². The minimum Gasteiger partial charge on any atom is -0.444 e. The van der Waals surface area contributed by atoms with Crippen LogP contribution in [0.4, 0.5) is 4.79 Å². The number of benzene rings is 3. The summed E-state index contributed by atoms with van der Waals surface area (Å²) < 4.78 is 12.8. The molecule has 8 heteroatoms. The summed E-state index contributed by atoms with van der Waals surface area (Å²) in [5.74, 6) is -1.07. The van der Waals surface area contributed by atoms with E-state index in [4.69, 9.17) is 9.47 Å². The van der Waals surface area contributed by atoms with Gasteiger partial charge in [0.25, 0.3) is 0 Å². The van der Waals surface area contributed by atoms with E-state index in [1.807, 2.05) is 66.7 Å². The Balaban J connectivity index is 1.57. The normalized spacial score (nSPS) is 18.9. The molecule has 4 aromatic rings. The Morgan fingerprint density at radius 1 is 0.892 bits per heavy atom. The monoisotopic (exact) mass is 495 g/mol. The average molecular weight is 496 g/mol. The molecule has 1 aromatic heterocycles. The number of nitrogens with zero attached hydrogens (tertiary/aromatic N) is 3. The van der Waals surface area contributed by atoms with Crippen molar-refractivity contribution in [2.45, 2.75) is 31.2 Å². The van der Waals surface area contributed by atoms with Crippen molar-refractivity contribution >= 4 is 18.0 Å². The third-order valence-electron chi connectivity index (χ3n) is 6.36. The lowest BCUT2D eigenvalue weighted by molar-refractivity contribution is -0.145. The van der Waals surface area contributed by atoms with Crippen molar-refractivity contribution in [3.63, 3.8) is 0 Å². The van der Waals surface area contributed by atoms with E-state index in [1.165, 1.54) is 28.2 Å². The summed E-state index contributed by atoms with van der Waals surface area (Å²) in [5.41, 5.74) is 0.517. The molecule has 1 fully saturated rings. The SMILES string of the molecule is O=C(OCc1ccccc1)N1[C@H](c2ccccc2)OC(=O)[C@]1(CC(=O)n1ccnc1)Cc1ccccc1. The summed E-state index contributed by atoms with van der Waals surface area (Å²) >= 11 is 0. The van der Waals surface area contributed by atoms with Crippen LogP contribution in [0.2, 0.25) is 0 Å². The number of carbonyl (C=O) groups is 3. The summed E-state index contributed by atoms with van der Waals surface area (Å²) in [5, 5.41) is 0. The van der Waals surface area contributed by atoms with Crippen molar-refractivity contribution in [3.8, 4) is 0 Å². The van der Waals surface area contributed by atoms with E-state index in [0.717, 1.165) is 11.1 Å². The van der Waals surface area contributed by atoms with Crippen molar-refractivity contribution in [2.24, 2.45) is 0 Å². The van der Waals surface area contributed by atoms with Gasteiger partial charge in [-0.3, -0.25) is 14.3 Å². The number of rotatable bonds is 7. The number of aromatic nitrogens is 2. The lowest BCUT2D eigenvalue weighted by atomic mass is 9.85. The molecule has 2 atom stereocenters. The fourth-order valence-electron chi connectivity index (χ4n) is 4.54. The zero-order valence-corrected chi connectivity index (χ0v) is 20.0. The van der Waals surface area contributed by atoms with Crippen molar-refractivity contribution < 1.29 is 23.9 Å². The molecule has 1 saturated heterocycles. The summed E-state index contributed by atoms with van der Waals surface area (Å²) in [7, 11) is 0. The molecule has 8 nitrogen and oxygen atoms in total. The van der Waals surface area contributed by atoms with Crippen LogP contribution in [-0.2, 0) is 27.3 Å². The van der Waals surface area contributed by atoms with Crippen molar-refractivity contribution in [1.29, 1.82) is 0 Å². The summed E-state index contributed by atoms with van der Waals surface area (Å²) in [6, 6.07) is 27.4. The van der Waals surface area contributed by atoms with E-state index in [9.17, 15) is 14.4 Å². The number of hydrogen-bond acceptors (Lipinski definition) is 6. The maximum Gasteiger partial charge on any atom is 0.414 e. The van der Waals surface area contributed by atoms with Crippen LogP contribution >= 0.6 is 0 Å². The van der Waals surface area contributed by atoms with Gasteiger partial charge in [-0.05, 0) is 11.1 Å². The molecule has 1 amide bonds. The third-order valence-corrected chi connectivity index (χ3v) is 6.36. The van der Waals surface area contributed by atoms with Crippen LogP contribution in [0.25, 0.3) is 0 Å². The van der Waals surface area contributed by atoms with Crippen molar-refractivity contribution in [3.05, 3.63) is 126 Å². The predicted molar refractivity (Wildman–Crippen MR) is 134 cm³/mol. The molecule has 0 N–H and O–H groups in total. The Morgan fingerprint density at radius 2 is 1.51 bits per heavy atom. The van der Waals surface area contributed by atoms with E-state index in [-0.39, 0.29) is 19.4 Å². The lowest BCUT2D eigenvalue weighted by Crippen LogP contribution is -2.55. The smallest absolute Gasteiger partial charge is 0.414 e. The first-order chi connectivity index (χ1) is 18.1. The fraction of sp³-hybridized carbons (Fsp3) is 0.172. The first kappa shape index (κ1) is 24.0. The summed E-state index contributed by atoms with van der Waals surface area (Å²) in [4.78, 5) is 46.1. The highest BCUT2D eigenvalue weighted by atomic mass is 16.6. The molecule has 186 valence electrons. The summed E-state index contributed by atoms with van der Waals surface area (Å²) in [6.07, 6.45) is 2.29. The van der Waals surface area contributed by atoms with E-state index in [2.05, 4.69) is 4.98 Å². The number of imidazole rings is 1. The minimum absolute atomic E-state index is 0.00274. The highest BCUT2D eigenvalue weighted by Crippen LogP contribution is 2.43. The van der Waals surface area contributed by atoms with Gasteiger partial charge in [0.1, 0.15) is 12.9 Å². The highest BCUT2D eigenvalue weighted by Gasteiger charge is 2.60. The second kappa shape index (κ2) is 10.5. The van der Waals surface area contributed by atoms with E-state index in [0.29, 0.717) is 5.56 Å². The van der Waals surface area contributed by atoms with Gasteiger partial charge in [0.15, 0.2) is 5.54 Å². The molecule has 0 radical (unpaired) electrons.